The molecule has 0 radical (unpaired) electrons. The lowest BCUT2D eigenvalue weighted by molar-refractivity contribution is 0.0411. The van der Waals surface area contributed by atoms with Crippen molar-refractivity contribution in [2.24, 2.45) is 11.8 Å². The minimum absolute atomic E-state index is 0.608. The average Bonchev–Trinajstić information content (AvgIpc) is 2.48. The van der Waals surface area contributed by atoms with Crippen LogP contribution in [0.4, 0.5) is 0 Å². The SMILES string of the molecule is CCNC1CCC(C(C)C)CC1N(CCOC)CCOC. The van der Waals surface area contributed by atoms with Gasteiger partial charge in [0.1, 0.15) is 0 Å². The van der Waals surface area contributed by atoms with Crippen molar-refractivity contribution in [2.45, 2.75) is 52.1 Å². The zero-order valence-corrected chi connectivity index (χ0v) is 14.7. The van der Waals surface area contributed by atoms with Crippen LogP contribution in [0.3, 0.4) is 0 Å². The number of likely N-dealkylation sites (N-methyl/N-ethyl adjacent to an activating group) is 1. The maximum atomic E-state index is 5.31. The molecule has 126 valence electrons. The van der Waals surface area contributed by atoms with Gasteiger partial charge in [0.05, 0.1) is 13.2 Å². The third-order valence-electron chi connectivity index (χ3n) is 4.90. The van der Waals surface area contributed by atoms with E-state index in [1.807, 2.05) is 0 Å². The molecule has 1 aliphatic rings. The molecule has 1 rings (SSSR count). The summed E-state index contributed by atoms with van der Waals surface area (Å²) in [5.41, 5.74) is 0. The maximum absolute atomic E-state index is 5.31. The molecule has 1 N–H and O–H groups in total. The van der Waals surface area contributed by atoms with Gasteiger partial charge in [0.2, 0.25) is 0 Å². The molecule has 0 heterocycles. The average molecular weight is 300 g/mol. The number of ether oxygens (including phenoxy) is 2. The zero-order chi connectivity index (χ0) is 15.7. The molecule has 1 saturated carbocycles. The Kier molecular flexibility index (Phi) is 9.49. The molecule has 3 unspecified atom stereocenters. The van der Waals surface area contributed by atoms with Crippen LogP contribution in [-0.4, -0.2) is 64.1 Å². The second kappa shape index (κ2) is 10.5. The van der Waals surface area contributed by atoms with Crippen molar-refractivity contribution in [2.75, 3.05) is 47.1 Å². The lowest BCUT2D eigenvalue weighted by Crippen LogP contribution is -2.55. The first-order chi connectivity index (χ1) is 10.1. The molecule has 0 aromatic rings. The van der Waals surface area contributed by atoms with Crippen molar-refractivity contribution < 1.29 is 9.47 Å². The Labute approximate surface area is 131 Å². The van der Waals surface area contributed by atoms with E-state index >= 15 is 0 Å². The van der Waals surface area contributed by atoms with Crippen molar-refractivity contribution in [3.05, 3.63) is 0 Å². The number of nitrogens with zero attached hydrogens (tertiary/aromatic N) is 1. The smallest absolute Gasteiger partial charge is 0.0589 e. The fraction of sp³-hybridized carbons (Fsp3) is 1.00. The summed E-state index contributed by atoms with van der Waals surface area (Å²) in [6.45, 7) is 11.6. The summed E-state index contributed by atoms with van der Waals surface area (Å²) >= 11 is 0. The second-order valence-electron chi connectivity index (χ2n) is 6.57. The van der Waals surface area contributed by atoms with Gasteiger partial charge in [-0.25, -0.2) is 0 Å². The van der Waals surface area contributed by atoms with E-state index in [0.717, 1.165) is 44.7 Å². The van der Waals surface area contributed by atoms with Crippen LogP contribution >= 0.6 is 0 Å². The van der Waals surface area contributed by atoms with Crippen molar-refractivity contribution in [3.8, 4) is 0 Å². The van der Waals surface area contributed by atoms with Crippen molar-refractivity contribution in [1.82, 2.24) is 10.2 Å². The molecule has 0 aromatic carbocycles. The summed E-state index contributed by atoms with van der Waals surface area (Å²) in [5.74, 6) is 1.62. The standard InChI is InChI=1S/C17H36N2O2/c1-6-18-16-8-7-15(14(2)3)13-17(16)19(9-11-20-4)10-12-21-5/h14-18H,6-13H2,1-5H3. The van der Waals surface area contributed by atoms with Gasteiger partial charge in [-0.15, -0.1) is 0 Å². The van der Waals surface area contributed by atoms with Gasteiger partial charge in [-0.1, -0.05) is 20.8 Å². The molecule has 0 spiro atoms. The summed E-state index contributed by atoms with van der Waals surface area (Å²) < 4.78 is 10.6. The van der Waals surface area contributed by atoms with Crippen LogP contribution < -0.4 is 5.32 Å². The molecule has 21 heavy (non-hydrogen) atoms. The van der Waals surface area contributed by atoms with E-state index in [-0.39, 0.29) is 0 Å². The van der Waals surface area contributed by atoms with E-state index in [4.69, 9.17) is 9.47 Å². The van der Waals surface area contributed by atoms with Gasteiger partial charge in [-0.05, 0) is 37.6 Å². The van der Waals surface area contributed by atoms with Crippen LogP contribution in [-0.2, 0) is 9.47 Å². The van der Waals surface area contributed by atoms with E-state index < -0.39 is 0 Å². The van der Waals surface area contributed by atoms with E-state index in [1.165, 1.54) is 19.3 Å². The lowest BCUT2D eigenvalue weighted by Gasteiger charge is -2.44. The Hall–Kier alpha value is -0.160. The molecule has 0 bridgehead atoms. The Morgan fingerprint density at radius 2 is 1.71 bits per heavy atom. The van der Waals surface area contributed by atoms with E-state index in [1.54, 1.807) is 14.2 Å². The number of nitrogens with one attached hydrogen (secondary N) is 1. The molecular weight excluding hydrogens is 264 g/mol. The third kappa shape index (κ3) is 6.23. The summed E-state index contributed by atoms with van der Waals surface area (Å²) in [6.07, 6.45) is 3.94. The van der Waals surface area contributed by atoms with Gasteiger partial charge in [-0.3, -0.25) is 4.90 Å². The summed E-state index contributed by atoms with van der Waals surface area (Å²) in [6, 6.07) is 1.22. The molecule has 0 aromatic heterocycles. The number of methoxy groups -OCH3 is 2. The zero-order valence-electron chi connectivity index (χ0n) is 14.7. The number of rotatable bonds is 10. The van der Waals surface area contributed by atoms with Gasteiger partial charge in [0, 0.05) is 39.4 Å². The number of hydrogen-bond donors (Lipinski definition) is 1. The first kappa shape index (κ1) is 18.9. The second-order valence-corrected chi connectivity index (χ2v) is 6.57. The van der Waals surface area contributed by atoms with E-state index in [0.29, 0.717) is 12.1 Å². The highest BCUT2D eigenvalue weighted by atomic mass is 16.5. The molecule has 4 heteroatoms. The van der Waals surface area contributed by atoms with Gasteiger partial charge >= 0.3 is 0 Å². The molecule has 1 aliphatic carbocycles. The van der Waals surface area contributed by atoms with Gasteiger partial charge in [0.15, 0.2) is 0 Å². The normalized spacial score (nSPS) is 26.7. The third-order valence-corrected chi connectivity index (χ3v) is 4.90. The maximum Gasteiger partial charge on any atom is 0.0589 e. The molecule has 4 nitrogen and oxygen atoms in total. The van der Waals surface area contributed by atoms with Crippen molar-refractivity contribution >= 4 is 0 Å². The van der Waals surface area contributed by atoms with Gasteiger partial charge in [0.25, 0.3) is 0 Å². The minimum Gasteiger partial charge on any atom is -0.383 e. The Morgan fingerprint density at radius 1 is 1.10 bits per heavy atom. The Morgan fingerprint density at radius 3 is 2.19 bits per heavy atom. The summed E-state index contributed by atoms with van der Waals surface area (Å²) in [7, 11) is 3.57. The highest BCUT2D eigenvalue weighted by Gasteiger charge is 2.34. The first-order valence-corrected chi connectivity index (χ1v) is 8.59. The molecule has 1 fully saturated rings. The molecule has 0 aliphatic heterocycles. The van der Waals surface area contributed by atoms with Crippen molar-refractivity contribution in [3.63, 3.8) is 0 Å². The Bertz CT molecular complexity index is 253. The van der Waals surface area contributed by atoms with Crippen molar-refractivity contribution in [1.29, 1.82) is 0 Å². The number of hydrogen-bond acceptors (Lipinski definition) is 4. The van der Waals surface area contributed by atoms with Crippen LogP contribution in [0.15, 0.2) is 0 Å². The van der Waals surface area contributed by atoms with E-state index in [9.17, 15) is 0 Å². The highest BCUT2D eigenvalue weighted by Crippen LogP contribution is 2.32. The van der Waals surface area contributed by atoms with Crippen LogP contribution in [0.25, 0.3) is 0 Å². The lowest BCUT2D eigenvalue weighted by atomic mass is 9.76. The van der Waals surface area contributed by atoms with Gasteiger partial charge in [-0.2, -0.15) is 0 Å². The topological polar surface area (TPSA) is 33.7 Å². The van der Waals surface area contributed by atoms with E-state index in [2.05, 4.69) is 31.0 Å². The first-order valence-electron chi connectivity index (χ1n) is 8.59. The van der Waals surface area contributed by atoms with Crippen LogP contribution in [0.1, 0.15) is 40.0 Å². The van der Waals surface area contributed by atoms with Gasteiger partial charge < -0.3 is 14.8 Å². The quantitative estimate of drug-likeness (QED) is 0.672. The summed E-state index contributed by atoms with van der Waals surface area (Å²) in [4.78, 5) is 2.58. The molecule has 0 amide bonds. The predicted octanol–water partition coefficient (Wildman–Crippen LogP) is 2.38. The van der Waals surface area contributed by atoms with Crippen LogP contribution in [0.5, 0.6) is 0 Å². The van der Waals surface area contributed by atoms with Crippen LogP contribution in [0.2, 0.25) is 0 Å². The fourth-order valence-electron chi connectivity index (χ4n) is 3.55. The minimum atomic E-state index is 0.608. The summed E-state index contributed by atoms with van der Waals surface area (Å²) in [5, 5.41) is 3.70. The predicted molar refractivity (Wildman–Crippen MR) is 88.8 cm³/mol. The molecule has 0 saturated heterocycles. The fourth-order valence-corrected chi connectivity index (χ4v) is 3.55. The highest BCUT2D eigenvalue weighted by molar-refractivity contribution is 4.92. The van der Waals surface area contributed by atoms with Crippen LogP contribution in [0, 0.1) is 11.8 Å². The Balaban J connectivity index is 2.73. The molecular formula is C17H36N2O2. The monoisotopic (exact) mass is 300 g/mol. The molecule has 3 atom stereocenters. The largest absolute Gasteiger partial charge is 0.383 e.